The minimum absolute atomic E-state index is 0.631. The molecule has 2 heterocycles. The van der Waals surface area contributed by atoms with Crippen LogP contribution in [0.1, 0.15) is 77.6 Å². The van der Waals surface area contributed by atoms with Crippen LogP contribution >= 0.6 is 0 Å². The number of hydrogen-bond donors (Lipinski definition) is 1. The predicted octanol–water partition coefficient (Wildman–Crippen LogP) is 4.20. The van der Waals surface area contributed by atoms with Crippen LogP contribution in [-0.2, 0) is 0 Å². The van der Waals surface area contributed by atoms with E-state index in [1.54, 1.807) is 0 Å². The second kappa shape index (κ2) is 7.46. The molecular formula is C19H36N2. The summed E-state index contributed by atoms with van der Waals surface area (Å²) in [6.07, 6.45) is 16.1. The highest BCUT2D eigenvalue weighted by molar-refractivity contribution is 4.93. The third kappa shape index (κ3) is 4.01. The van der Waals surface area contributed by atoms with Gasteiger partial charge in [0, 0.05) is 19.1 Å². The normalized spacial score (nSPS) is 39.3. The molecule has 3 unspecified atom stereocenters. The van der Waals surface area contributed by atoms with Gasteiger partial charge in [0.1, 0.15) is 0 Å². The third-order valence-corrected chi connectivity index (χ3v) is 6.52. The molecule has 1 aliphatic carbocycles. The van der Waals surface area contributed by atoms with Crippen LogP contribution < -0.4 is 5.32 Å². The maximum absolute atomic E-state index is 3.68. The summed E-state index contributed by atoms with van der Waals surface area (Å²) >= 11 is 0. The zero-order chi connectivity index (χ0) is 14.5. The molecule has 1 N–H and O–H groups in total. The molecular weight excluding hydrogens is 256 g/mol. The lowest BCUT2D eigenvalue weighted by Gasteiger charge is -2.48. The van der Waals surface area contributed by atoms with Gasteiger partial charge in [-0.1, -0.05) is 32.6 Å². The molecule has 2 aliphatic heterocycles. The van der Waals surface area contributed by atoms with E-state index in [2.05, 4.69) is 17.1 Å². The monoisotopic (exact) mass is 292 g/mol. The van der Waals surface area contributed by atoms with Crippen LogP contribution in [0.3, 0.4) is 0 Å². The predicted molar refractivity (Wildman–Crippen MR) is 90.6 cm³/mol. The Balaban J connectivity index is 1.55. The minimum Gasteiger partial charge on any atom is -0.316 e. The molecule has 0 radical (unpaired) electrons. The lowest BCUT2D eigenvalue weighted by Crippen LogP contribution is -2.53. The van der Waals surface area contributed by atoms with Gasteiger partial charge >= 0.3 is 0 Å². The highest BCUT2D eigenvalue weighted by Gasteiger charge is 2.38. The number of rotatable bonds is 3. The van der Waals surface area contributed by atoms with Crippen molar-refractivity contribution in [2.75, 3.05) is 26.2 Å². The fourth-order valence-electron chi connectivity index (χ4n) is 5.36. The molecule has 2 saturated heterocycles. The van der Waals surface area contributed by atoms with Crippen LogP contribution in [0, 0.1) is 11.3 Å². The Bertz CT molecular complexity index is 303. The van der Waals surface area contributed by atoms with Gasteiger partial charge in [-0.25, -0.2) is 0 Å². The molecule has 0 aromatic carbocycles. The highest BCUT2D eigenvalue weighted by atomic mass is 15.2. The molecule has 3 atom stereocenters. The van der Waals surface area contributed by atoms with Crippen LogP contribution in [0.4, 0.5) is 0 Å². The molecule has 1 saturated carbocycles. The van der Waals surface area contributed by atoms with Gasteiger partial charge < -0.3 is 5.32 Å². The van der Waals surface area contributed by atoms with Crippen molar-refractivity contribution in [2.45, 2.75) is 83.6 Å². The van der Waals surface area contributed by atoms with Crippen molar-refractivity contribution in [1.82, 2.24) is 10.2 Å². The van der Waals surface area contributed by atoms with Crippen molar-refractivity contribution >= 4 is 0 Å². The third-order valence-electron chi connectivity index (χ3n) is 6.52. The molecule has 2 nitrogen and oxygen atoms in total. The summed E-state index contributed by atoms with van der Waals surface area (Å²) < 4.78 is 0. The van der Waals surface area contributed by atoms with E-state index >= 15 is 0 Å². The van der Waals surface area contributed by atoms with Gasteiger partial charge in [-0.05, 0) is 69.4 Å². The van der Waals surface area contributed by atoms with Crippen LogP contribution in [0.15, 0.2) is 0 Å². The van der Waals surface area contributed by atoms with Gasteiger partial charge in [0.15, 0.2) is 0 Å². The molecule has 0 aromatic heterocycles. The van der Waals surface area contributed by atoms with E-state index in [1.165, 1.54) is 96.8 Å². The maximum Gasteiger partial charge on any atom is 0.00956 e. The van der Waals surface area contributed by atoms with Crippen LogP contribution in [0.2, 0.25) is 0 Å². The second-order valence-electron chi connectivity index (χ2n) is 8.17. The van der Waals surface area contributed by atoms with E-state index < -0.39 is 0 Å². The summed E-state index contributed by atoms with van der Waals surface area (Å²) in [6.45, 7) is 7.67. The van der Waals surface area contributed by atoms with Gasteiger partial charge in [0.25, 0.3) is 0 Å². The molecule has 21 heavy (non-hydrogen) atoms. The summed E-state index contributed by atoms with van der Waals surface area (Å²) in [6, 6.07) is 0.908. The lowest BCUT2D eigenvalue weighted by molar-refractivity contribution is 0.0326. The molecule has 3 aliphatic rings. The van der Waals surface area contributed by atoms with Crippen molar-refractivity contribution in [3.63, 3.8) is 0 Å². The average Bonchev–Trinajstić information content (AvgIpc) is 2.74. The van der Waals surface area contributed by atoms with Gasteiger partial charge in [-0.15, -0.1) is 0 Å². The summed E-state index contributed by atoms with van der Waals surface area (Å²) in [5.41, 5.74) is 0.631. The Labute approximate surface area is 132 Å². The largest absolute Gasteiger partial charge is 0.316 e. The molecule has 0 bridgehead atoms. The summed E-state index contributed by atoms with van der Waals surface area (Å²) in [5, 5.41) is 3.68. The fourth-order valence-corrected chi connectivity index (χ4v) is 5.36. The zero-order valence-corrected chi connectivity index (χ0v) is 14.2. The van der Waals surface area contributed by atoms with Crippen molar-refractivity contribution in [3.8, 4) is 0 Å². The molecule has 122 valence electrons. The maximum atomic E-state index is 3.68. The quantitative estimate of drug-likeness (QED) is 0.784. The Hall–Kier alpha value is -0.0800. The Kier molecular flexibility index (Phi) is 5.61. The van der Waals surface area contributed by atoms with Crippen LogP contribution in [-0.4, -0.2) is 37.1 Å². The molecule has 3 fully saturated rings. The van der Waals surface area contributed by atoms with E-state index in [1.807, 2.05) is 0 Å². The molecule has 0 amide bonds. The minimum atomic E-state index is 0.631. The number of nitrogens with one attached hydrogen (secondary N) is 1. The van der Waals surface area contributed by atoms with Crippen LogP contribution in [0.5, 0.6) is 0 Å². The number of hydrogen-bond acceptors (Lipinski definition) is 2. The van der Waals surface area contributed by atoms with E-state index in [4.69, 9.17) is 0 Å². The van der Waals surface area contributed by atoms with Gasteiger partial charge in [0.05, 0.1) is 0 Å². The zero-order valence-electron chi connectivity index (χ0n) is 14.2. The van der Waals surface area contributed by atoms with Crippen LogP contribution in [0.25, 0.3) is 0 Å². The van der Waals surface area contributed by atoms with Crippen molar-refractivity contribution < 1.29 is 0 Å². The fraction of sp³-hybridized carbons (Fsp3) is 1.00. The highest BCUT2D eigenvalue weighted by Crippen LogP contribution is 2.38. The van der Waals surface area contributed by atoms with Gasteiger partial charge in [-0.2, -0.15) is 0 Å². The first-order chi connectivity index (χ1) is 10.3. The smallest absolute Gasteiger partial charge is 0.00956 e. The Morgan fingerprint density at radius 1 is 1.05 bits per heavy atom. The lowest BCUT2D eigenvalue weighted by atomic mass is 9.74. The van der Waals surface area contributed by atoms with Crippen molar-refractivity contribution in [1.29, 1.82) is 0 Å². The summed E-state index contributed by atoms with van der Waals surface area (Å²) in [4.78, 5) is 2.91. The number of piperidine rings is 2. The second-order valence-corrected chi connectivity index (χ2v) is 8.17. The summed E-state index contributed by atoms with van der Waals surface area (Å²) in [5.74, 6) is 1.04. The van der Waals surface area contributed by atoms with Crippen molar-refractivity contribution in [3.05, 3.63) is 0 Å². The molecule has 0 aromatic rings. The Morgan fingerprint density at radius 3 is 2.76 bits per heavy atom. The number of nitrogens with zero attached hydrogens (tertiary/aromatic N) is 1. The van der Waals surface area contributed by atoms with E-state index in [0.717, 1.165) is 12.0 Å². The standard InChI is InChI=1S/C19H36N2/c1-2-6-17-7-3-8-18(10-9-17)21-14-5-12-19(16-21)11-4-13-20-15-19/h17-18,20H,2-16H2,1H3. The van der Waals surface area contributed by atoms with E-state index in [0.29, 0.717) is 5.41 Å². The van der Waals surface area contributed by atoms with Gasteiger partial charge in [-0.3, -0.25) is 4.90 Å². The first-order valence-corrected chi connectivity index (χ1v) is 9.76. The topological polar surface area (TPSA) is 15.3 Å². The molecule has 1 spiro atoms. The molecule has 2 heteroatoms. The first-order valence-electron chi connectivity index (χ1n) is 9.76. The van der Waals surface area contributed by atoms with Crippen molar-refractivity contribution in [2.24, 2.45) is 11.3 Å². The first kappa shape index (κ1) is 15.8. The van der Waals surface area contributed by atoms with E-state index in [-0.39, 0.29) is 0 Å². The van der Waals surface area contributed by atoms with Gasteiger partial charge in [0.2, 0.25) is 0 Å². The van der Waals surface area contributed by atoms with E-state index in [9.17, 15) is 0 Å². The summed E-state index contributed by atoms with van der Waals surface area (Å²) in [7, 11) is 0. The number of likely N-dealkylation sites (tertiary alicyclic amines) is 1. The molecule has 3 rings (SSSR count). The average molecular weight is 293 g/mol. The SMILES string of the molecule is CCCC1CCCC(N2CCCC3(CCCNC3)C2)CC1. The Morgan fingerprint density at radius 2 is 1.95 bits per heavy atom.